The number of carboxylic acid groups (broad SMARTS) is 1. The van der Waals surface area contributed by atoms with E-state index in [0.29, 0.717) is 17.2 Å². The van der Waals surface area contributed by atoms with Crippen LogP contribution in [0.2, 0.25) is 5.02 Å². The molecule has 82 valence electrons. The lowest BCUT2D eigenvalue weighted by molar-refractivity contribution is -0.145. The number of hydrogen-bond donors (Lipinski definition) is 1. The minimum Gasteiger partial charge on any atom is -0.479 e. The number of halogens is 2. The molecule has 5 heteroatoms. The van der Waals surface area contributed by atoms with Gasteiger partial charge in [-0.2, -0.15) is 0 Å². The molecule has 1 rings (SSSR count). The van der Waals surface area contributed by atoms with Crippen LogP contribution >= 0.6 is 34.2 Å². The van der Waals surface area contributed by atoms with Crippen molar-refractivity contribution in [3.05, 3.63) is 26.8 Å². The fraction of sp³-hybridized carbons (Fsp3) is 0.300. The quantitative estimate of drug-likeness (QED) is 0.856. The molecule has 0 radical (unpaired) electrons. The van der Waals surface area contributed by atoms with E-state index < -0.39 is 12.1 Å². The third kappa shape index (κ3) is 3.53. The second kappa shape index (κ2) is 5.55. The molecular formula is C10H10ClIO3. The van der Waals surface area contributed by atoms with Gasteiger partial charge in [0.05, 0.1) is 3.57 Å². The van der Waals surface area contributed by atoms with E-state index >= 15 is 0 Å². The average Bonchev–Trinajstić information content (AvgIpc) is 2.16. The SMILES string of the molecule is CCC(Oc1ccc(Cl)cc1I)C(=O)O. The first kappa shape index (κ1) is 12.6. The van der Waals surface area contributed by atoms with Crippen molar-refractivity contribution in [2.24, 2.45) is 0 Å². The van der Waals surface area contributed by atoms with Crippen molar-refractivity contribution in [2.45, 2.75) is 19.4 Å². The highest BCUT2D eigenvalue weighted by Gasteiger charge is 2.17. The molecule has 0 aliphatic heterocycles. The van der Waals surface area contributed by atoms with E-state index in [4.69, 9.17) is 21.4 Å². The van der Waals surface area contributed by atoms with E-state index in [-0.39, 0.29) is 0 Å². The summed E-state index contributed by atoms with van der Waals surface area (Å²) in [5.41, 5.74) is 0. The molecular weight excluding hydrogens is 330 g/mol. The topological polar surface area (TPSA) is 46.5 Å². The van der Waals surface area contributed by atoms with Gasteiger partial charge < -0.3 is 9.84 Å². The van der Waals surface area contributed by atoms with Crippen molar-refractivity contribution in [1.82, 2.24) is 0 Å². The summed E-state index contributed by atoms with van der Waals surface area (Å²) in [6.45, 7) is 1.77. The maximum Gasteiger partial charge on any atom is 0.344 e. The number of hydrogen-bond acceptors (Lipinski definition) is 2. The highest BCUT2D eigenvalue weighted by Crippen LogP contribution is 2.25. The molecule has 0 aromatic heterocycles. The second-order valence-corrected chi connectivity index (χ2v) is 4.53. The number of carboxylic acids is 1. The lowest BCUT2D eigenvalue weighted by Gasteiger charge is -2.14. The highest BCUT2D eigenvalue weighted by molar-refractivity contribution is 14.1. The van der Waals surface area contributed by atoms with Gasteiger partial charge in [0.2, 0.25) is 0 Å². The summed E-state index contributed by atoms with van der Waals surface area (Å²) in [7, 11) is 0. The van der Waals surface area contributed by atoms with Crippen LogP contribution in [0.5, 0.6) is 5.75 Å². The van der Waals surface area contributed by atoms with Crippen molar-refractivity contribution in [2.75, 3.05) is 0 Å². The number of rotatable bonds is 4. The van der Waals surface area contributed by atoms with Crippen molar-refractivity contribution >= 4 is 40.2 Å². The van der Waals surface area contributed by atoms with Gasteiger partial charge in [0.25, 0.3) is 0 Å². The molecule has 0 amide bonds. The predicted octanol–water partition coefficient (Wildman–Crippen LogP) is 3.19. The Morgan fingerprint density at radius 1 is 1.67 bits per heavy atom. The van der Waals surface area contributed by atoms with Crippen LogP contribution in [0.15, 0.2) is 18.2 Å². The van der Waals surface area contributed by atoms with Crippen LogP contribution < -0.4 is 4.74 Å². The second-order valence-electron chi connectivity index (χ2n) is 2.93. The molecule has 0 saturated carbocycles. The monoisotopic (exact) mass is 340 g/mol. The molecule has 1 atom stereocenters. The van der Waals surface area contributed by atoms with E-state index in [1.54, 1.807) is 25.1 Å². The molecule has 0 bridgehead atoms. The Morgan fingerprint density at radius 2 is 2.33 bits per heavy atom. The van der Waals surface area contributed by atoms with Crippen molar-refractivity contribution in [1.29, 1.82) is 0 Å². The predicted molar refractivity (Wildman–Crippen MR) is 66.5 cm³/mol. The van der Waals surface area contributed by atoms with Gasteiger partial charge in [0.1, 0.15) is 5.75 Å². The zero-order chi connectivity index (χ0) is 11.4. The maximum absolute atomic E-state index is 10.8. The molecule has 15 heavy (non-hydrogen) atoms. The molecule has 0 aliphatic carbocycles. The van der Waals surface area contributed by atoms with Crippen LogP contribution in [0.3, 0.4) is 0 Å². The van der Waals surface area contributed by atoms with Crippen LogP contribution in [0.25, 0.3) is 0 Å². The van der Waals surface area contributed by atoms with Crippen LogP contribution in [0.1, 0.15) is 13.3 Å². The zero-order valence-electron chi connectivity index (χ0n) is 8.04. The Morgan fingerprint density at radius 3 is 2.80 bits per heavy atom. The smallest absolute Gasteiger partial charge is 0.344 e. The number of benzene rings is 1. The molecule has 1 unspecified atom stereocenters. The summed E-state index contributed by atoms with van der Waals surface area (Å²) in [6.07, 6.45) is -0.381. The molecule has 3 nitrogen and oxygen atoms in total. The normalized spacial score (nSPS) is 12.2. The van der Waals surface area contributed by atoms with Crippen molar-refractivity contribution < 1.29 is 14.6 Å². The number of aliphatic carboxylic acids is 1. The van der Waals surface area contributed by atoms with Gasteiger partial charge >= 0.3 is 5.97 Å². The van der Waals surface area contributed by atoms with E-state index in [2.05, 4.69) is 22.6 Å². The van der Waals surface area contributed by atoms with E-state index in [0.717, 1.165) is 3.57 Å². The van der Waals surface area contributed by atoms with Crippen molar-refractivity contribution in [3.63, 3.8) is 0 Å². The summed E-state index contributed by atoms with van der Waals surface area (Å²) >= 11 is 7.83. The van der Waals surface area contributed by atoms with Gasteiger partial charge in [-0.05, 0) is 47.2 Å². The first-order valence-electron chi connectivity index (χ1n) is 4.39. The third-order valence-electron chi connectivity index (χ3n) is 1.81. The minimum absolute atomic E-state index is 0.425. The molecule has 0 aliphatic rings. The Hall–Kier alpha value is -0.490. The van der Waals surface area contributed by atoms with E-state index in [1.165, 1.54) is 0 Å². The van der Waals surface area contributed by atoms with Crippen molar-refractivity contribution in [3.8, 4) is 5.75 Å². The largest absolute Gasteiger partial charge is 0.479 e. The lowest BCUT2D eigenvalue weighted by Crippen LogP contribution is -2.26. The summed E-state index contributed by atoms with van der Waals surface area (Å²) in [5.74, 6) is -0.405. The first-order valence-corrected chi connectivity index (χ1v) is 5.84. The number of ether oxygens (including phenoxy) is 1. The van der Waals surface area contributed by atoms with Gasteiger partial charge in [-0.3, -0.25) is 0 Å². The van der Waals surface area contributed by atoms with Gasteiger partial charge in [0, 0.05) is 5.02 Å². The summed E-state index contributed by atoms with van der Waals surface area (Å²) in [5, 5.41) is 9.43. The number of carbonyl (C=O) groups is 1. The fourth-order valence-electron chi connectivity index (χ4n) is 1.03. The Kier molecular flexibility index (Phi) is 4.66. The molecule has 0 fully saturated rings. The maximum atomic E-state index is 10.8. The minimum atomic E-state index is -0.955. The summed E-state index contributed by atoms with van der Waals surface area (Å²) < 4.78 is 6.15. The van der Waals surface area contributed by atoms with Crippen LogP contribution in [0, 0.1) is 3.57 Å². The first-order chi connectivity index (χ1) is 7.04. The Labute approximate surface area is 107 Å². The average molecular weight is 341 g/mol. The van der Waals surface area contributed by atoms with Crippen LogP contribution in [-0.2, 0) is 4.79 Å². The molecule has 1 aromatic rings. The summed E-state index contributed by atoms with van der Waals surface area (Å²) in [4.78, 5) is 10.8. The highest BCUT2D eigenvalue weighted by atomic mass is 127. The molecule has 0 spiro atoms. The lowest BCUT2D eigenvalue weighted by atomic mass is 10.2. The zero-order valence-corrected chi connectivity index (χ0v) is 10.9. The van der Waals surface area contributed by atoms with Gasteiger partial charge in [-0.15, -0.1) is 0 Å². The van der Waals surface area contributed by atoms with Crippen LogP contribution in [0.4, 0.5) is 0 Å². The van der Waals surface area contributed by atoms with E-state index in [9.17, 15) is 4.79 Å². The Bertz CT molecular complexity index is 368. The molecule has 1 N–H and O–H groups in total. The Balaban J connectivity index is 2.84. The molecule has 1 aromatic carbocycles. The molecule has 0 saturated heterocycles. The van der Waals surface area contributed by atoms with E-state index in [1.807, 2.05) is 0 Å². The van der Waals surface area contributed by atoms with Gasteiger partial charge in [-0.1, -0.05) is 18.5 Å². The van der Waals surface area contributed by atoms with Gasteiger partial charge in [0.15, 0.2) is 6.10 Å². The molecule has 0 heterocycles. The van der Waals surface area contributed by atoms with Gasteiger partial charge in [-0.25, -0.2) is 4.79 Å². The standard InChI is InChI=1S/C10H10ClIO3/c1-2-8(10(13)14)15-9-4-3-6(11)5-7(9)12/h3-5,8H,2H2,1H3,(H,13,14). The third-order valence-corrected chi connectivity index (χ3v) is 2.89. The van der Waals surface area contributed by atoms with Crippen LogP contribution in [-0.4, -0.2) is 17.2 Å². The fourth-order valence-corrected chi connectivity index (χ4v) is 2.03. The summed E-state index contributed by atoms with van der Waals surface area (Å²) in [6, 6.07) is 5.08.